The van der Waals surface area contributed by atoms with Crippen LogP contribution in [-0.4, -0.2) is 48.5 Å². The molecule has 8 nitrogen and oxygen atoms in total. The summed E-state index contributed by atoms with van der Waals surface area (Å²) >= 11 is 0. The molecule has 0 aliphatic rings. The Bertz CT molecular complexity index is 1200. The molecule has 2 amide bonds. The van der Waals surface area contributed by atoms with E-state index < -0.39 is 29.8 Å². The molecule has 5 N–H and O–H groups in total. The maximum atomic E-state index is 13.8. The van der Waals surface area contributed by atoms with E-state index in [1.165, 1.54) is 11.0 Å². The Balaban J connectivity index is 2.23. The number of benzene rings is 2. The van der Waals surface area contributed by atoms with Gasteiger partial charge in [0.05, 0.1) is 18.7 Å². The van der Waals surface area contributed by atoms with Crippen molar-refractivity contribution in [1.82, 2.24) is 4.90 Å². The van der Waals surface area contributed by atoms with E-state index in [1.807, 2.05) is 0 Å². The molecule has 37 heavy (non-hydrogen) atoms. The van der Waals surface area contributed by atoms with Gasteiger partial charge in [0.25, 0.3) is 0 Å². The molecule has 2 rings (SSSR count). The standard InChI is InChI=1S/C26H30F3N5O3/c1-5-37-23(35)15-34(16(2)3)25(36)33-22-14-21(26(27,28)29)19(13-17(22)4)7-6-12-32-20-10-8-18(9-11-20)24(30)31/h8-11,13-14,16,32H,5,12,15H2,1-4H3,(H3,30,31)(H,33,36). The summed E-state index contributed by atoms with van der Waals surface area (Å²) < 4.78 is 46.3. The van der Waals surface area contributed by atoms with Crippen LogP contribution in [0.3, 0.4) is 0 Å². The molecule has 0 heterocycles. The number of amidine groups is 1. The maximum absolute atomic E-state index is 13.8. The zero-order valence-electron chi connectivity index (χ0n) is 21.0. The van der Waals surface area contributed by atoms with Crippen LogP contribution in [0.1, 0.15) is 43.0 Å². The monoisotopic (exact) mass is 517 g/mol. The van der Waals surface area contributed by atoms with Gasteiger partial charge in [0.1, 0.15) is 12.4 Å². The van der Waals surface area contributed by atoms with Crippen LogP contribution in [0.2, 0.25) is 0 Å². The van der Waals surface area contributed by atoms with Crippen LogP contribution in [0.25, 0.3) is 0 Å². The Labute approximate surface area is 213 Å². The van der Waals surface area contributed by atoms with Gasteiger partial charge < -0.3 is 26.0 Å². The molecule has 0 spiro atoms. The molecule has 198 valence electrons. The van der Waals surface area contributed by atoms with Gasteiger partial charge in [-0.25, -0.2) is 4.79 Å². The van der Waals surface area contributed by atoms with Gasteiger partial charge >= 0.3 is 18.2 Å². The number of carbonyl (C=O) groups excluding carboxylic acids is 2. The van der Waals surface area contributed by atoms with Crippen LogP contribution in [0, 0.1) is 24.2 Å². The number of halogens is 3. The molecule has 0 bridgehead atoms. The number of amides is 2. The van der Waals surface area contributed by atoms with Crippen molar-refractivity contribution in [2.75, 3.05) is 30.3 Å². The van der Waals surface area contributed by atoms with E-state index in [2.05, 4.69) is 22.5 Å². The van der Waals surface area contributed by atoms with Crippen LogP contribution >= 0.6 is 0 Å². The second kappa shape index (κ2) is 12.7. The molecule has 0 radical (unpaired) electrons. The van der Waals surface area contributed by atoms with Gasteiger partial charge in [0.2, 0.25) is 0 Å². The van der Waals surface area contributed by atoms with Crippen LogP contribution in [0.15, 0.2) is 36.4 Å². The maximum Gasteiger partial charge on any atom is 0.417 e. The number of nitrogen functional groups attached to an aromatic ring is 1. The number of esters is 1. The zero-order chi connectivity index (χ0) is 27.8. The minimum absolute atomic E-state index is 0.0407. The molecule has 0 aliphatic heterocycles. The lowest BCUT2D eigenvalue weighted by atomic mass is 10.0. The van der Waals surface area contributed by atoms with E-state index in [0.29, 0.717) is 16.8 Å². The number of nitrogens with one attached hydrogen (secondary N) is 3. The summed E-state index contributed by atoms with van der Waals surface area (Å²) in [6.07, 6.45) is -4.71. The molecule has 0 fully saturated rings. The Kier molecular flexibility index (Phi) is 9.94. The SMILES string of the molecule is CCOC(=O)CN(C(=O)Nc1cc(C(F)(F)F)c(C#CCNc2ccc(C(=N)N)cc2)cc1C)C(C)C. The Morgan fingerprint density at radius 3 is 2.38 bits per heavy atom. The molecule has 0 saturated carbocycles. The van der Waals surface area contributed by atoms with E-state index in [9.17, 15) is 22.8 Å². The van der Waals surface area contributed by atoms with Crippen molar-refractivity contribution in [3.63, 3.8) is 0 Å². The largest absolute Gasteiger partial charge is 0.465 e. The van der Waals surface area contributed by atoms with Crippen molar-refractivity contribution in [3.8, 4) is 11.8 Å². The highest BCUT2D eigenvalue weighted by Gasteiger charge is 2.34. The van der Waals surface area contributed by atoms with E-state index in [4.69, 9.17) is 15.9 Å². The second-order valence-electron chi connectivity index (χ2n) is 8.31. The lowest BCUT2D eigenvalue weighted by molar-refractivity contribution is -0.144. The molecule has 0 unspecified atom stereocenters. The molecular formula is C26H30F3N5O3. The third-order valence-corrected chi connectivity index (χ3v) is 5.20. The third-order valence-electron chi connectivity index (χ3n) is 5.20. The van der Waals surface area contributed by atoms with E-state index in [-0.39, 0.29) is 36.8 Å². The van der Waals surface area contributed by atoms with Crippen molar-refractivity contribution in [3.05, 3.63) is 58.7 Å². The number of hydrogen-bond acceptors (Lipinski definition) is 5. The number of nitrogens with two attached hydrogens (primary N) is 1. The number of carbonyl (C=O) groups is 2. The third kappa shape index (κ3) is 8.45. The summed E-state index contributed by atoms with van der Waals surface area (Å²) in [6, 6.07) is 7.63. The van der Waals surface area contributed by atoms with Crippen molar-refractivity contribution in [2.24, 2.45) is 5.73 Å². The quantitative estimate of drug-likeness (QED) is 0.177. The first kappa shape index (κ1) is 29.0. The number of urea groups is 1. The highest BCUT2D eigenvalue weighted by molar-refractivity contribution is 5.95. The average molecular weight is 518 g/mol. The lowest BCUT2D eigenvalue weighted by Gasteiger charge is -2.26. The summed E-state index contributed by atoms with van der Waals surface area (Å²) in [5.41, 5.74) is 5.74. The average Bonchev–Trinajstić information content (AvgIpc) is 2.81. The molecule has 0 atom stereocenters. The van der Waals surface area contributed by atoms with Crippen LogP contribution in [0.4, 0.5) is 29.3 Å². The number of alkyl halides is 3. The number of aryl methyl sites for hydroxylation is 1. The van der Waals surface area contributed by atoms with Crippen molar-refractivity contribution < 1.29 is 27.5 Å². The molecule has 2 aromatic rings. The van der Waals surface area contributed by atoms with Crippen molar-refractivity contribution >= 4 is 29.2 Å². The molecule has 0 saturated heterocycles. The van der Waals surface area contributed by atoms with E-state index in [1.54, 1.807) is 52.0 Å². The Hall–Kier alpha value is -4.20. The fourth-order valence-electron chi connectivity index (χ4n) is 3.26. The van der Waals surface area contributed by atoms with Gasteiger partial charge in [-0.05, 0) is 69.7 Å². The van der Waals surface area contributed by atoms with Crippen LogP contribution in [-0.2, 0) is 15.7 Å². The number of hydrogen-bond donors (Lipinski definition) is 4. The highest BCUT2D eigenvalue weighted by Crippen LogP contribution is 2.35. The zero-order valence-corrected chi connectivity index (χ0v) is 21.0. The predicted molar refractivity (Wildman–Crippen MR) is 137 cm³/mol. The summed E-state index contributed by atoms with van der Waals surface area (Å²) in [6.45, 7) is 6.43. The van der Waals surface area contributed by atoms with Gasteiger partial charge in [-0.1, -0.05) is 11.8 Å². The number of ether oxygens (including phenoxy) is 1. The summed E-state index contributed by atoms with van der Waals surface area (Å²) in [7, 11) is 0. The van der Waals surface area contributed by atoms with Gasteiger partial charge in [-0.15, -0.1) is 0 Å². The first-order valence-corrected chi connectivity index (χ1v) is 11.5. The molecule has 11 heteroatoms. The fourth-order valence-corrected chi connectivity index (χ4v) is 3.26. The van der Waals surface area contributed by atoms with Gasteiger partial charge in [-0.3, -0.25) is 10.2 Å². The Morgan fingerprint density at radius 2 is 1.84 bits per heavy atom. The van der Waals surface area contributed by atoms with Gasteiger partial charge in [0, 0.05) is 28.5 Å². The van der Waals surface area contributed by atoms with E-state index in [0.717, 1.165) is 6.07 Å². The van der Waals surface area contributed by atoms with Crippen molar-refractivity contribution in [1.29, 1.82) is 5.41 Å². The minimum Gasteiger partial charge on any atom is -0.465 e. The lowest BCUT2D eigenvalue weighted by Crippen LogP contribution is -2.43. The van der Waals surface area contributed by atoms with Crippen molar-refractivity contribution in [2.45, 2.75) is 39.9 Å². The Morgan fingerprint density at radius 1 is 1.19 bits per heavy atom. The van der Waals surface area contributed by atoms with Crippen LogP contribution < -0.4 is 16.4 Å². The second-order valence-corrected chi connectivity index (χ2v) is 8.31. The van der Waals surface area contributed by atoms with Crippen LogP contribution in [0.5, 0.6) is 0 Å². The number of anilines is 2. The number of rotatable bonds is 8. The molecule has 2 aromatic carbocycles. The highest BCUT2D eigenvalue weighted by atomic mass is 19.4. The molecule has 0 aromatic heterocycles. The smallest absolute Gasteiger partial charge is 0.417 e. The first-order valence-electron chi connectivity index (χ1n) is 11.5. The number of nitrogens with zero attached hydrogens (tertiary/aromatic N) is 1. The van der Waals surface area contributed by atoms with Gasteiger partial charge in [-0.2, -0.15) is 13.2 Å². The van der Waals surface area contributed by atoms with E-state index >= 15 is 0 Å². The predicted octanol–water partition coefficient (Wildman–Crippen LogP) is 4.57. The molecule has 0 aliphatic carbocycles. The molecular weight excluding hydrogens is 487 g/mol. The summed E-state index contributed by atoms with van der Waals surface area (Å²) in [5, 5.41) is 12.8. The normalized spacial score (nSPS) is 10.8. The first-order chi connectivity index (χ1) is 17.3. The fraction of sp³-hybridized carbons (Fsp3) is 0.346. The summed E-state index contributed by atoms with van der Waals surface area (Å²) in [4.78, 5) is 25.8. The topological polar surface area (TPSA) is 121 Å². The van der Waals surface area contributed by atoms with Gasteiger partial charge in [0.15, 0.2) is 0 Å². The minimum atomic E-state index is -4.71. The summed E-state index contributed by atoms with van der Waals surface area (Å²) in [5.74, 6) is 4.54.